The first-order valence-electron chi connectivity index (χ1n) is 13.5. The van der Waals surface area contributed by atoms with Crippen LogP contribution in [0.15, 0.2) is 131 Å². The third kappa shape index (κ3) is 7.51. The number of rotatable bonds is 10. The second-order valence-corrected chi connectivity index (χ2v) is 14.0. The highest BCUT2D eigenvalue weighted by atomic mass is 35.5. The molecule has 8 nitrogen and oxygen atoms in total. The number of carbonyl (C=O) groups excluding carboxylic acids is 1. The van der Waals surface area contributed by atoms with Gasteiger partial charge in [-0.3, -0.25) is 13.8 Å². The fraction of sp³-hybridized carbons (Fsp3) is 0.0606. The number of nitrogens with zero attached hydrogens (tertiary/aromatic N) is 1. The number of halogens is 2. The molecule has 45 heavy (non-hydrogen) atoms. The number of benzene rings is 5. The highest BCUT2D eigenvalue weighted by molar-refractivity contribution is 7.93. The van der Waals surface area contributed by atoms with Crippen LogP contribution >= 0.6 is 11.6 Å². The molecule has 0 saturated carbocycles. The van der Waals surface area contributed by atoms with Gasteiger partial charge in [0.1, 0.15) is 5.82 Å². The summed E-state index contributed by atoms with van der Waals surface area (Å²) in [6, 6.07) is 30.1. The molecule has 1 amide bonds. The molecule has 2 N–H and O–H groups in total. The molecule has 0 saturated heterocycles. The van der Waals surface area contributed by atoms with Crippen molar-refractivity contribution in [3.8, 4) is 0 Å². The molecule has 5 aromatic carbocycles. The normalized spacial score (nSPS) is 11.5. The Morgan fingerprint density at radius 2 is 1.38 bits per heavy atom. The van der Waals surface area contributed by atoms with Crippen LogP contribution in [0.2, 0.25) is 5.02 Å². The van der Waals surface area contributed by atoms with E-state index >= 15 is 0 Å². The van der Waals surface area contributed by atoms with Crippen LogP contribution in [0.5, 0.6) is 0 Å². The molecule has 12 heteroatoms. The number of amides is 1. The Balaban J connectivity index is 1.31. The number of nitrogens with one attached hydrogen (secondary N) is 2. The van der Waals surface area contributed by atoms with Crippen molar-refractivity contribution in [2.24, 2.45) is 0 Å². The average molecular weight is 664 g/mol. The molecule has 0 bridgehead atoms. The third-order valence-electron chi connectivity index (χ3n) is 6.83. The number of anilines is 3. The maximum atomic E-state index is 13.7. The smallest absolute Gasteiger partial charge is 0.264 e. The van der Waals surface area contributed by atoms with Crippen LogP contribution in [0.4, 0.5) is 21.5 Å². The van der Waals surface area contributed by atoms with E-state index in [4.69, 9.17) is 11.6 Å². The molecular weight excluding hydrogens is 637 g/mol. The van der Waals surface area contributed by atoms with Crippen molar-refractivity contribution in [3.05, 3.63) is 149 Å². The highest BCUT2D eigenvalue weighted by Crippen LogP contribution is 2.31. The molecule has 0 aliphatic rings. The average Bonchev–Trinajstić information content (AvgIpc) is 3.03. The van der Waals surface area contributed by atoms with Crippen molar-refractivity contribution < 1.29 is 26.0 Å². The summed E-state index contributed by atoms with van der Waals surface area (Å²) < 4.78 is 69.6. The summed E-state index contributed by atoms with van der Waals surface area (Å²) in [6.07, 6.45) is 0. The van der Waals surface area contributed by atoms with Crippen LogP contribution in [-0.2, 0) is 26.6 Å². The second kappa shape index (κ2) is 13.1. The zero-order chi connectivity index (χ0) is 32.2. The van der Waals surface area contributed by atoms with Gasteiger partial charge in [0.15, 0.2) is 0 Å². The van der Waals surface area contributed by atoms with Crippen LogP contribution in [0.3, 0.4) is 0 Å². The van der Waals surface area contributed by atoms with Crippen LogP contribution in [0.1, 0.15) is 21.5 Å². The lowest BCUT2D eigenvalue weighted by Gasteiger charge is -2.26. The van der Waals surface area contributed by atoms with Gasteiger partial charge >= 0.3 is 0 Å². The Hall–Kier alpha value is -4.71. The molecule has 0 heterocycles. The lowest BCUT2D eigenvalue weighted by atomic mass is 10.1. The second-order valence-electron chi connectivity index (χ2n) is 10.0. The Kier molecular flexibility index (Phi) is 9.24. The van der Waals surface area contributed by atoms with Gasteiger partial charge in [-0.25, -0.2) is 21.2 Å². The van der Waals surface area contributed by atoms with Gasteiger partial charge in [-0.1, -0.05) is 48.0 Å². The number of aryl methyl sites for hydroxylation is 1. The summed E-state index contributed by atoms with van der Waals surface area (Å²) in [5.74, 6) is -0.931. The molecule has 0 spiro atoms. The van der Waals surface area contributed by atoms with E-state index in [1.165, 1.54) is 52.8 Å². The van der Waals surface area contributed by atoms with Gasteiger partial charge in [0.25, 0.3) is 26.0 Å². The number of hydrogen-bond acceptors (Lipinski definition) is 5. The van der Waals surface area contributed by atoms with Gasteiger partial charge in [-0.15, -0.1) is 0 Å². The minimum absolute atomic E-state index is 0.0117. The van der Waals surface area contributed by atoms with Gasteiger partial charge in [-0.05, 0) is 103 Å². The molecule has 0 aliphatic carbocycles. The van der Waals surface area contributed by atoms with E-state index in [-0.39, 0.29) is 22.0 Å². The third-order valence-corrected chi connectivity index (χ3v) is 10.2. The molecule has 0 atom stereocenters. The van der Waals surface area contributed by atoms with Gasteiger partial charge < -0.3 is 5.32 Å². The van der Waals surface area contributed by atoms with Crippen molar-refractivity contribution in [2.45, 2.75) is 23.3 Å². The largest absolute Gasteiger partial charge is 0.322 e. The van der Waals surface area contributed by atoms with Crippen molar-refractivity contribution in [3.63, 3.8) is 0 Å². The van der Waals surface area contributed by atoms with Gasteiger partial charge in [-0.2, -0.15) is 0 Å². The molecule has 0 fully saturated rings. The quantitative estimate of drug-likeness (QED) is 0.164. The SMILES string of the molecule is Cc1ccc(Cl)cc1N(Cc1ccc(C(=O)Nc2ccc(S(=O)(=O)Nc3ccc(F)cc3)cc2)cc1)S(=O)(=O)c1ccccc1. The van der Waals surface area contributed by atoms with E-state index in [1.54, 1.807) is 67.6 Å². The predicted octanol–water partition coefficient (Wildman–Crippen LogP) is 7.24. The maximum Gasteiger partial charge on any atom is 0.264 e. The highest BCUT2D eigenvalue weighted by Gasteiger charge is 2.26. The predicted molar refractivity (Wildman–Crippen MR) is 174 cm³/mol. The monoisotopic (exact) mass is 663 g/mol. The summed E-state index contributed by atoms with van der Waals surface area (Å²) in [5.41, 5.74) is 2.67. The van der Waals surface area contributed by atoms with E-state index in [1.807, 2.05) is 0 Å². The van der Waals surface area contributed by atoms with E-state index in [9.17, 15) is 26.0 Å². The number of carbonyl (C=O) groups is 1. The molecule has 5 aromatic rings. The maximum absolute atomic E-state index is 13.7. The Labute approximate surface area is 266 Å². The molecule has 0 unspecified atom stereocenters. The van der Waals surface area contributed by atoms with Crippen molar-refractivity contribution >= 4 is 54.6 Å². The van der Waals surface area contributed by atoms with Crippen LogP contribution in [0, 0.1) is 12.7 Å². The summed E-state index contributed by atoms with van der Waals surface area (Å²) in [4.78, 5) is 13.0. The minimum Gasteiger partial charge on any atom is -0.322 e. The zero-order valence-electron chi connectivity index (χ0n) is 23.8. The topological polar surface area (TPSA) is 113 Å². The van der Waals surface area contributed by atoms with Gasteiger partial charge in [0.05, 0.1) is 22.0 Å². The standard InChI is InChI=1S/C33H27ClFN3O5S2/c1-23-7-12-26(34)21-32(23)38(45(42,43)31-5-3-2-4-6-31)22-24-8-10-25(11-9-24)33(39)36-28-17-19-30(20-18-28)44(40,41)37-29-15-13-27(35)14-16-29/h2-21,37H,22H2,1H3,(H,36,39). The Bertz CT molecular complexity index is 2040. The lowest BCUT2D eigenvalue weighted by Crippen LogP contribution is -2.31. The lowest BCUT2D eigenvalue weighted by molar-refractivity contribution is 0.102. The van der Waals surface area contributed by atoms with E-state index < -0.39 is 31.8 Å². The Morgan fingerprint density at radius 3 is 2.02 bits per heavy atom. The van der Waals surface area contributed by atoms with E-state index in [2.05, 4.69) is 10.0 Å². The summed E-state index contributed by atoms with van der Waals surface area (Å²) in [7, 11) is -7.89. The Morgan fingerprint density at radius 1 is 0.756 bits per heavy atom. The first-order valence-corrected chi connectivity index (χ1v) is 16.9. The zero-order valence-corrected chi connectivity index (χ0v) is 26.2. The first-order chi connectivity index (χ1) is 21.4. The first kappa shape index (κ1) is 31.7. The van der Waals surface area contributed by atoms with Crippen LogP contribution in [-0.4, -0.2) is 22.7 Å². The van der Waals surface area contributed by atoms with E-state index in [0.717, 1.165) is 17.7 Å². The number of sulfonamides is 2. The van der Waals surface area contributed by atoms with Crippen molar-refractivity contribution in [1.82, 2.24) is 0 Å². The van der Waals surface area contributed by atoms with Crippen LogP contribution in [0.25, 0.3) is 0 Å². The molecule has 0 aromatic heterocycles. The van der Waals surface area contributed by atoms with E-state index in [0.29, 0.717) is 27.5 Å². The fourth-order valence-corrected chi connectivity index (χ4v) is 7.21. The molecule has 0 aliphatic heterocycles. The van der Waals surface area contributed by atoms with Crippen molar-refractivity contribution in [1.29, 1.82) is 0 Å². The molecule has 0 radical (unpaired) electrons. The molecule has 230 valence electrons. The summed E-state index contributed by atoms with van der Waals surface area (Å²) in [5, 5.41) is 3.12. The molecule has 5 rings (SSSR count). The van der Waals surface area contributed by atoms with Gasteiger partial charge in [0.2, 0.25) is 0 Å². The fourth-order valence-electron chi connectivity index (χ4n) is 4.45. The summed E-state index contributed by atoms with van der Waals surface area (Å²) in [6.45, 7) is 1.79. The molecular formula is C33H27ClFN3O5S2. The van der Waals surface area contributed by atoms with Crippen LogP contribution < -0.4 is 14.3 Å². The number of hydrogen-bond donors (Lipinski definition) is 2. The van der Waals surface area contributed by atoms with Crippen molar-refractivity contribution in [2.75, 3.05) is 14.3 Å². The van der Waals surface area contributed by atoms with Gasteiger partial charge in [0, 0.05) is 22.0 Å². The summed E-state index contributed by atoms with van der Waals surface area (Å²) >= 11 is 6.24. The minimum atomic E-state index is -3.96.